The van der Waals surface area contributed by atoms with E-state index >= 15 is 0 Å². The zero-order chi connectivity index (χ0) is 24.1. The smallest absolute Gasteiger partial charge is 0.338 e. The van der Waals surface area contributed by atoms with Crippen LogP contribution in [0.1, 0.15) is 43.1 Å². The Balaban J connectivity index is 2.91. The molecule has 0 aliphatic rings. The van der Waals surface area contributed by atoms with Gasteiger partial charge in [0.2, 0.25) is 0 Å². The Morgan fingerprint density at radius 3 is 2.16 bits per heavy atom. The number of benzene rings is 1. The van der Waals surface area contributed by atoms with Gasteiger partial charge in [-0.25, -0.2) is 0 Å². The summed E-state index contributed by atoms with van der Waals surface area (Å²) in [6.07, 6.45) is 3.82. The van der Waals surface area contributed by atoms with Crippen molar-refractivity contribution in [3.05, 3.63) is 47.3 Å². The van der Waals surface area contributed by atoms with Crippen molar-refractivity contribution in [2.45, 2.75) is 51.4 Å². The molecule has 7 nitrogen and oxygen atoms in total. The van der Waals surface area contributed by atoms with Gasteiger partial charge in [0.15, 0.2) is 11.5 Å². The van der Waals surface area contributed by atoms with Crippen LogP contribution in [0.5, 0.6) is 17.2 Å². The maximum atomic E-state index is 13.8. The van der Waals surface area contributed by atoms with Crippen molar-refractivity contribution in [2.24, 2.45) is 0 Å². The minimum absolute atomic E-state index is 0.285. The molecule has 0 saturated heterocycles. The minimum Gasteiger partial charge on any atom is -0.540 e. The third kappa shape index (κ3) is 5.73. The highest BCUT2D eigenvalue weighted by Gasteiger charge is 2.41. The molecule has 1 aromatic carbocycles. The molecule has 1 atom stereocenters. The molecule has 1 aromatic heterocycles. The van der Waals surface area contributed by atoms with Crippen molar-refractivity contribution in [2.75, 3.05) is 28.4 Å². The zero-order valence-electron chi connectivity index (χ0n) is 20.5. The number of nitrogens with zero attached hydrogens (tertiary/aromatic N) is 1. The van der Waals surface area contributed by atoms with Crippen LogP contribution in [0.2, 0.25) is 13.1 Å². The Bertz CT molecular complexity index is 938. The summed E-state index contributed by atoms with van der Waals surface area (Å²) in [5, 5.41) is 0. The molecule has 1 unspecified atom stereocenters. The van der Waals surface area contributed by atoms with Crippen molar-refractivity contribution >= 4 is 16.6 Å². The van der Waals surface area contributed by atoms with Gasteiger partial charge >= 0.3 is 7.60 Å². The van der Waals surface area contributed by atoms with E-state index < -0.39 is 22.3 Å². The summed E-state index contributed by atoms with van der Waals surface area (Å²) in [5.41, 5.74) is 1.50. The predicted molar refractivity (Wildman–Crippen MR) is 129 cm³/mol. The lowest BCUT2D eigenvalue weighted by atomic mass is 9.84. The quantitative estimate of drug-likeness (QED) is 0.314. The first-order chi connectivity index (χ1) is 15.0. The summed E-state index contributed by atoms with van der Waals surface area (Å²) in [4.78, 5) is 4.20. The third-order valence-corrected chi connectivity index (χ3v) is 7.96. The van der Waals surface area contributed by atoms with Crippen LogP contribution in [-0.4, -0.2) is 42.5 Å². The lowest BCUT2D eigenvalue weighted by Crippen LogP contribution is -2.20. The second-order valence-electron chi connectivity index (χ2n) is 8.65. The van der Waals surface area contributed by atoms with Crippen LogP contribution in [0.15, 0.2) is 30.6 Å². The Morgan fingerprint density at radius 1 is 1.06 bits per heavy atom. The van der Waals surface area contributed by atoms with E-state index in [0.29, 0.717) is 29.2 Å². The Morgan fingerprint density at radius 2 is 1.72 bits per heavy atom. The number of methoxy groups -OCH3 is 2. The normalized spacial score (nSPS) is 13.2. The van der Waals surface area contributed by atoms with Gasteiger partial charge in [0.25, 0.3) is 9.04 Å². The second-order valence-corrected chi connectivity index (χ2v) is 13.1. The van der Waals surface area contributed by atoms with Crippen LogP contribution in [0, 0.1) is 0 Å². The standard InChI is InChI=1S/C23H35NO6PSi/c1-23(2,3)20-18(26-4)14-17(21(22(20)27-5)30-32(8)9)19(31(25,28-6)29-7)13-16-11-10-12-24-15-16/h10-12,14-15,19H,13H2,1-9H3. The number of pyridine rings is 1. The second kappa shape index (κ2) is 10.8. The van der Waals surface area contributed by atoms with E-state index in [-0.39, 0.29) is 5.41 Å². The van der Waals surface area contributed by atoms with Gasteiger partial charge in [0, 0.05) is 37.7 Å². The zero-order valence-corrected chi connectivity index (χ0v) is 22.4. The third-order valence-electron chi connectivity index (χ3n) is 5.11. The lowest BCUT2D eigenvalue weighted by molar-refractivity contribution is 0.264. The van der Waals surface area contributed by atoms with Gasteiger partial charge in [-0.1, -0.05) is 26.8 Å². The average molecular weight is 481 g/mol. The van der Waals surface area contributed by atoms with Gasteiger partial charge < -0.3 is 22.9 Å². The van der Waals surface area contributed by atoms with Crippen LogP contribution in [0.3, 0.4) is 0 Å². The summed E-state index contributed by atoms with van der Waals surface area (Å²) in [6.45, 7) is 10.3. The molecular weight excluding hydrogens is 445 g/mol. The molecule has 32 heavy (non-hydrogen) atoms. The van der Waals surface area contributed by atoms with Gasteiger partial charge in [-0.2, -0.15) is 0 Å². The molecule has 1 heterocycles. The van der Waals surface area contributed by atoms with Gasteiger partial charge in [-0.15, -0.1) is 0 Å². The van der Waals surface area contributed by atoms with Crippen LogP contribution in [-0.2, 0) is 25.4 Å². The van der Waals surface area contributed by atoms with E-state index in [1.807, 2.05) is 31.3 Å². The van der Waals surface area contributed by atoms with Gasteiger partial charge in [0.05, 0.1) is 19.9 Å². The van der Waals surface area contributed by atoms with Gasteiger partial charge in [-0.05, 0) is 42.6 Å². The molecular formula is C23H35NO6PSi. The molecule has 0 amide bonds. The Labute approximate surface area is 193 Å². The van der Waals surface area contributed by atoms with E-state index in [1.165, 1.54) is 14.2 Å². The molecule has 0 saturated carbocycles. The first-order valence-electron chi connectivity index (χ1n) is 10.4. The van der Waals surface area contributed by atoms with Crippen molar-refractivity contribution in [1.82, 2.24) is 4.98 Å². The molecule has 9 heteroatoms. The monoisotopic (exact) mass is 480 g/mol. The van der Waals surface area contributed by atoms with Crippen molar-refractivity contribution < 1.29 is 27.5 Å². The molecule has 0 spiro atoms. The fourth-order valence-electron chi connectivity index (χ4n) is 3.72. The van der Waals surface area contributed by atoms with Crippen LogP contribution >= 0.6 is 7.60 Å². The van der Waals surface area contributed by atoms with Crippen molar-refractivity contribution in [1.29, 1.82) is 0 Å². The number of rotatable bonds is 10. The van der Waals surface area contributed by atoms with Crippen LogP contribution in [0.4, 0.5) is 0 Å². The highest BCUT2D eigenvalue weighted by molar-refractivity contribution is 7.54. The molecule has 0 aliphatic heterocycles. The van der Waals surface area contributed by atoms with Crippen molar-refractivity contribution in [3.8, 4) is 17.2 Å². The topological polar surface area (TPSA) is 76.1 Å². The summed E-state index contributed by atoms with van der Waals surface area (Å²) in [6, 6.07) is 5.66. The van der Waals surface area contributed by atoms with Crippen molar-refractivity contribution in [3.63, 3.8) is 0 Å². The Hall–Kier alpha value is -1.86. The molecule has 177 valence electrons. The molecule has 2 aromatic rings. The van der Waals surface area contributed by atoms with Gasteiger partial charge in [0.1, 0.15) is 5.75 Å². The molecule has 2 rings (SSSR count). The summed E-state index contributed by atoms with van der Waals surface area (Å²) in [5.74, 6) is 1.76. The maximum Gasteiger partial charge on any atom is 0.338 e. The van der Waals surface area contributed by atoms with E-state index in [0.717, 1.165) is 11.1 Å². The first kappa shape index (κ1) is 26.4. The van der Waals surface area contributed by atoms with Crippen LogP contribution < -0.4 is 13.9 Å². The van der Waals surface area contributed by atoms with Crippen LogP contribution in [0.25, 0.3) is 0 Å². The maximum absolute atomic E-state index is 13.8. The molecule has 0 fully saturated rings. The molecule has 0 bridgehead atoms. The average Bonchev–Trinajstić information content (AvgIpc) is 2.76. The largest absolute Gasteiger partial charge is 0.540 e. The molecule has 0 aliphatic carbocycles. The number of hydrogen-bond donors (Lipinski definition) is 0. The number of aromatic nitrogens is 1. The number of hydrogen-bond acceptors (Lipinski definition) is 7. The fourth-order valence-corrected chi connectivity index (χ4v) is 5.97. The minimum atomic E-state index is -3.57. The SMILES string of the molecule is COc1cc(C(Cc2cccnc2)P(=O)(OC)OC)c(O[Si](C)C)c(OC)c1C(C)(C)C. The lowest BCUT2D eigenvalue weighted by Gasteiger charge is -2.32. The van der Waals surface area contributed by atoms with E-state index in [9.17, 15) is 4.57 Å². The highest BCUT2D eigenvalue weighted by atomic mass is 31.2. The summed E-state index contributed by atoms with van der Waals surface area (Å²) >= 11 is 0. The Kier molecular flexibility index (Phi) is 8.94. The summed E-state index contributed by atoms with van der Waals surface area (Å²) < 4.78 is 42.8. The molecule has 1 radical (unpaired) electrons. The molecule has 0 N–H and O–H groups in total. The van der Waals surface area contributed by atoms with E-state index in [2.05, 4.69) is 25.8 Å². The first-order valence-corrected chi connectivity index (χ1v) is 14.4. The number of ether oxygens (including phenoxy) is 2. The highest BCUT2D eigenvalue weighted by Crippen LogP contribution is 2.64. The van der Waals surface area contributed by atoms with E-state index in [4.69, 9.17) is 22.9 Å². The predicted octanol–water partition coefficient (Wildman–Crippen LogP) is 5.80. The van der Waals surface area contributed by atoms with E-state index in [1.54, 1.807) is 26.6 Å². The summed E-state index contributed by atoms with van der Waals surface area (Å²) in [7, 11) is 1.26. The van der Waals surface area contributed by atoms with Gasteiger partial charge in [-0.3, -0.25) is 9.55 Å². The fraction of sp³-hybridized carbons (Fsp3) is 0.522.